The molecular formula is C20H27NO2. The minimum absolute atomic E-state index is 0.144. The van der Waals surface area contributed by atoms with Gasteiger partial charge < -0.3 is 0 Å². The van der Waals surface area contributed by atoms with Gasteiger partial charge in [0.2, 0.25) is 5.91 Å². The van der Waals surface area contributed by atoms with Crippen molar-refractivity contribution in [3.63, 3.8) is 0 Å². The van der Waals surface area contributed by atoms with E-state index in [-0.39, 0.29) is 17.7 Å². The van der Waals surface area contributed by atoms with Gasteiger partial charge >= 0.3 is 0 Å². The van der Waals surface area contributed by atoms with Crippen molar-refractivity contribution >= 4 is 5.91 Å². The van der Waals surface area contributed by atoms with E-state index in [1.165, 1.54) is 23.8 Å². The summed E-state index contributed by atoms with van der Waals surface area (Å²) in [6.07, 6.45) is 8.15. The molecule has 23 heavy (non-hydrogen) atoms. The largest absolute Gasteiger partial charge is 0.286 e. The second-order valence-corrected chi connectivity index (χ2v) is 6.61. The van der Waals surface area contributed by atoms with E-state index in [0.29, 0.717) is 6.42 Å². The van der Waals surface area contributed by atoms with Gasteiger partial charge in [-0.15, -0.1) is 0 Å². The number of rotatable bonds is 5. The lowest BCUT2D eigenvalue weighted by Crippen LogP contribution is -2.35. The van der Waals surface area contributed by atoms with Crippen LogP contribution in [0.5, 0.6) is 0 Å². The Balaban J connectivity index is 2.18. The highest BCUT2D eigenvalue weighted by Crippen LogP contribution is 2.39. The normalized spacial score (nSPS) is 20.6. The summed E-state index contributed by atoms with van der Waals surface area (Å²) in [5.74, 6) is -0.233. The molecule has 124 valence electrons. The number of hydroxylamine groups is 2. The van der Waals surface area contributed by atoms with Gasteiger partial charge in [-0.1, -0.05) is 53.6 Å². The Morgan fingerprint density at radius 1 is 1.30 bits per heavy atom. The molecule has 1 aromatic rings. The zero-order valence-electron chi connectivity index (χ0n) is 14.3. The molecule has 0 saturated carbocycles. The number of benzene rings is 1. The van der Waals surface area contributed by atoms with Crippen molar-refractivity contribution < 1.29 is 10.0 Å². The molecule has 0 fully saturated rings. The molecule has 0 radical (unpaired) electrons. The van der Waals surface area contributed by atoms with Gasteiger partial charge in [0.25, 0.3) is 0 Å². The molecule has 1 amide bonds. The molecule has 3 nitrogen and oxygen atoms in total. The summed E-state index contributed by atoms with van der Waals surface area (Å²) in [4.78, 5) is 12.3. The van der Waals surface area contributed by atoms with Gasteiger partial charge in [0.05, 0.1) is 5.92 Å². The third-order valence-electron chi connectivity index (χ3n) is 4.51. The number of hydrogen-bond donors (Lipinski definition) is 1. The summed E-state index contributed by atoms with van der Waals surface area (Å²) in [7, 11) is 1.42. The summed E-state index contributed by atoms with van der Waals surface area (Å²) in [5.41, 5.74) is 3.94. The quantitative estimate of drug-likeness (QED) is 0.486. The van der Waals surface area contributed by atoms with Crippen LogP contribution in [0.1, 0.15) is 51.0 Å². The molecule has 2 atom stereocenters. The first kappa shape index (κ1) is 17.5. The van der Waals surface area contributed by atoms with Gasteiger partial charge in [-0.2, -0.15) is 0 Å². The fraction of sp³-hybridized carbons (Fsp3) is 0.450. The SMILES string of the molecule is CC(C)=CCCC1=CC[C@H](C(=O)N(C)O)[C@@H](c2ccccc2)C1. The van der Waals surface area contributed by atoms with E-state index in [1.54, 1.807) is 0 Å². The number of hydrogen-bond acceptors (Lipinski definition) is 2. The number of nitrogens with zero attached hydrogens (tertiary/aromatic N) is 1. The molecule has 0 aromatic heterocycles. The van der Waals surface area contributed by atoms with E-state index >= 15 is 0 Å². The number of carbonyl (C=O) groups is 1. The van der Waals surface area contributed by atoms with Crippen molar-refractivity contribution in [2.75, 3.05) is 7.05 Å². The molecule has 1 aromatic carbocycles. The molecule has 1 aliphatic rings. The fourth-order valence-electron chi connectivity index (χ4n) is 3.28. The van der Waals surface area contributed by atoms with E-state index in [9.17, 15) is 10.0 Å². The molecule has 0 aliphatic heterocycles. The van der Waals surface area contributed by atoms with Crippen LogP contribution >= 0.6 is 0 Å². The molecule has 0 unspecified atom stereocenters. The van der Waals surface area contributed by atoms with E-state index in [2.05, 4.69) is 38.1 Å². The van der Waals surface area contributed by atoms with Crippen LogP contribution in [0.25, 0.3) is 0 Å². The van der Waals surface area contributed by atoms with Crippen LogP contribution in [0.4, 0.5) is 0 Å². The summed E-state index contributed by atoms with van der Waals surface area (Å²) in [6, 6.07) is 10.2. The van der Waals surface area contributed by atoms with Crippen LogP contribution < -0.4 is 0 Å². The highest BCUT2D eigenvalue weighted by Gasteiger charge is 2.33. The van der Waals surface area contributed by atoms with Gasteiger partial charge in [-0.3, -0.25) is 10.0 Å². The highest BCUT2D eigenvalue weighted by molar-refractivity contribution is 5.79. The Bertz CT molecular complexity index is 583. The lowest BCUT2D eigenvalue weighted by Gasteiger charge is -2.32. The molecule has 0 spiro atoms. The average Bonchev–Trinajstić information content (AvgIpc) is 2.54. The molecule has 2 rings (SSSR count). The lowest BCUT2D eigenvalue weighted by molar-refractivity contribution is -0.165. The number of allylic oxidation sites excluding steroid dienone is 4. The van der Waals surface area contributed by atoms with E-state index in [0.717, 1.165) is 24.3 Å². The summed E-state index contributed by atoms with van der Waals surface area (Å²) in [5, 5.41) is 10.3. The van der Waals surface area contributed by atoms with Crippen LogP contribution in [-0.2, 0) is 4.79 Å². The standard InChI is InChI=1S/C20H27NO2/c1-15(2)8-7-9-16-12-13-18(20(22)21(3)23)19(14-16)17-10-5-4-6-11-17/h4-6,8,10-12,18-19,23H,7,9,13-14H2,1-3H3/t18-,19+/m0/s1. The molecule has 1 N–H and O–H groups in total. The minimum atomic E-state index is -0.196. The maximum atomic E-state index is 12.3. The Morgan fingerprint density at radius 2 is 2.00 bits per heavy atom. The Kier molecular flexibility index (Phi) is 6.17. The van der Waals surface area contributed by atoms with Crippen molar-refractivity contribution in [1.82, 2.24) is 5.06 Å². The summed E-state index contributed by atoms with van der Waals surface area (Å²) >= 11 is 0. The minimum Gasteiger partial charge on any atom is -0.286 e. The highest BCUT2D eigenvalue weighted by atomic mass is 16.5. The third-order valence-corrected chi connectivity index (χ3v) is 4.51. The van der Waals surface area contributed by atoms with Crippen LogP contribution in [0.2, 0.25) is 0 Å². The van der Waals surface area contributed by atoms with Crippen molar-refractivity contribution in [2.45, 2.75) is 45.4 Å². The molecule has 0 bridgehead atoms. The first-order chi connectivity index (χ1) is 11.0. The smallest absolute Gasteiger partial charge is 0.249 e. The zero-order chi connectivity index (χ0) is 16.8. The monoisotopic (exact) mass is 313 g/mol. The molecule has 0 saturated heterocycles. The van der Waals surface area contributed by atoms with Crippen molar-refractivity contribution in [3.8, 4) is 0 Å². The van der Waals surface area contributed by atoms with Crippen LogP contribution in [0, 0.1) is 5.92 Å². The Hall–Kier alpha value is -1.87. The van der Waals surface area contributed by atoms with Crippen LogP contribution in [-0.4, -0.2) is 23.2 Å². The van der Waals surface area contributed by atoms with Gasteiger partial charge in [0.1, 0.15) is 0 Å². The van der Waals surface area contributed by atoms with Gasteiger partial charge in [-0.05, 0) is 51.0 Å². The fourth-order valence-corrected chi connectivity index (χ4v) is 3.28. The number of amides is 1. The van der Waals surface area contributed by atoms with E-state index in [1.807, 2.05) is 18.2 Å². The van der Waals surface area contributed by atoms with E-state index < -0.39 is 0 Å². The summed E-state index contributed by atoms with van der Waals surface area (Å²) < 4.78 is 0. The molecule has 1 aliphatic carbocycles. The van der Waals surface area contributed by atoms with Gasteiger partial charge in [-0.25, -0.2) is 5.06 Å². The predicted octanol–water partition coefficient (Wildman–Crippen LogP) is 4.70. The first-order valence-electron chi connectivity index (χ1n) is 8.31. The van der Waals surface area contributed by atoms with Crippen molar-refractivity contribution in [2.24, 2.45) is 5.92 Å². The van der Waals surface area contributed by atoms with Crippen LogP contribution in [0.15, 0.2) is 53.6 Å². The van der Waals surface area contributed by atoms with Crippen LogP contribution in [0.3, 0.4) is 0 Å². The van der Waals surface area contributed by atoms with E-state index in [4.69, 9.17) is 0 Å². The maximum absolute atomic E-state index is 12.3. The average molecular weight is 313 g/mol. The molecule has 0 heterocycles. The second-order valence-electron chi connectivity index (χ2n) is 6.61. The number of carbonyl (C=O) groups excluding carboxylic acids is 1. The molecule has 3 heteroatoms. The Morgan fingerprint density at radius 3 is 2.61 bits per heavy atom. The lowest BCUT2D eigenvalue weighted by atomic mass is 9.74. The zero-order valence-corrected chi connectivity index (χ0v) is 14.3. The first-order valence-corrected chi connectivity index (χ1v) is 8.31. The van der Waals surface area contributed by atoms with Gasteiger partial charge in [0, 0.05) is 7.05 Å². The Labute approximate surface area is 139 Å². The van der Waals surface area contributed by atoms with Crippen molar-refractivity contribution in [1.29, 1.82) is 0 Å². The third kappa shape index (κ3) is 4.80. The summed E-state index contributed by atoms with van der Waals surface area (Å²) in [6.45, 7) is 4.24. The van der Waals surface area contributed by atoms with Gasteiger partial charge in [0.15, 0.2) is 0 Å². The molecular weight excluding hydrogens is 286 g/mol. The van der Waals surface area contributed by atoms with Crippen molar-refractivity contribution in [3.05, 3.63) is 59.2 Å². The topological polar surface area (TPSA) is 40.5 Å². The second kappa shape index (κ2) is 8.11. The predicted molar refractivity (Wildman–Crippen MR) is 93.2 cm³/mol. The maximum Gasteiger partial charge on any atom is 0.249 e.